The quantitative estimate of drug-likeness (QED) is 0.697. The fourth-order valence-corrected chi connectivity index (χ4v) is 4.48. The smallest absolute Gasteiger partial charge is 0.234 e. The molecular formula is C25H32N4O2. The second kappa shape index (κ2) is 10.1. The Morgan fingerprint density at radius 1 is 0.903 bits per heavy atom. The molecule has 2 aromatic rings. The topological polar surface area (TPSA) is 55.9 Å². The molecule has 2 aliphatic heterocycles. The van der Waals surface area contributed by atoms with E-state index in [1.807, 2.05) is 30.3 Å². The summed E-state index contributed by atoms with van der Waals surface area (Å²) in [6.07, 6.45) is 1.02. The molecule has 0 radical (unpaired) electrons. The highest BCUT2D eigenvalue weighted by atomic mass is 16.2. The molecule has 1 N–H and O–H groups in total. The van der Waals surface area contributed by atoms with E-state index in [9.17, 15) is 9.59 Å². The molecular weight excluding hydrogens is 388 g/mol. The number of piperazine rings is 1. The standard InChI is InChI=1S/C25H32N4O2/c1-20(30)22-7-9-24(10-8-22)29-15-13-27(14-16-29)19-25(31)26-23-11-12-28(18-23)17-21-5-3-2-4-6-21/h2-10,23H,11-19H2,1H3,(H,26,31)/t23-/m0/s1. The number of carbonyl (C=O) groups is 2. The van der Waals surface area contributed by atoms with E-state index in [0.717, 1.165) is 63.5 Å². The van der Waals surface area contributed by atoms with E-state index in [0.29, 0.717) is 6.54 Å². The Balaban J connectivity index is 1.18. The number of Topliss-reactive ketones (excluding diaryl/α,β-unsaturated/α-hetero) is 1. The van der Waals surface area contributed by atoms with Crippen LogP contribution in [0.25, 0.3) is 0 Å². The molecule has 2 aromatic carbocycles. The fraction of sp³-hybridized carbons (Fsp3) is 0.440. The zero-order valence-corrected chi connectivity index (χ0v) is 18.3. The summed E-state index contributed by atoms with van der Waals surface area (Å²) in [6, 6.07) is 18.6. The zero-order chi connectivity index (χ0) is 21.6. The summed E-state index contributed by atoms with van der Waals surface area (Å²) in [7, 11) is 0. The number of nitrogens with zero attached hydrogens (tertiary/aromatic N) is 3. The molecule has 2 aliphatic rings. The van der Waals surface area contributed by atoms with Crippen molar-refractivity contribution in [3.05, 3.63) is 65.7 Å². The van der Waals surface area contributed by atoms with Crippen molar-refractivity contribution in [3.8, 4) is 0 Å². The summed E-state index contributed by atoms with van der Waals surface area (Å²) < 4.78 is 0. The van der Waals surface area contributed by atoms with Crippen LogP contribution in [-0.2, 0) is 11.3 Å². The largest absolute Gasteiger partial charge is 0.369 e. The Morgan fingerprint density at radius 3 is 2.29 bits per heavy atom. The van der Waals surface area contributed by atoms with E-state index in [4.69, 9.17) is 0 Å². The summed E-state index contributed by atoms with van der Waals surface area (Å²) in [5, 5.41) is 3.23. The molecule has 1 amide bonds. The normalized spacial score (nSPS) is 20.0. The molecule has 2 saturated heterocycles. The van der Waals surface area contributed by atoms with Gasteiger partial charge in [0.25, 0.3) is 0 Å². The molecule has 4 rings (SSSR count). The molecule has 6 nitrogen and oxygen atoms in total. The number of anilines is 1. The molecule has 0 bridgehead atoms. The number of carbonyl (C=O) groups excluding carboxylic acids is 2. The lowest BCUT2D eigenvalue weighted by Gasteiger charge is -2.36. The molecule has 2 heterocycles. The molecule has 0 aromatic heterocycles. The molecule has 0 unspecified atom stereocenters. The van der Waals surface area contributed by atoms with Crippen molar-refractivity contribution in [2.75, 3.05) is 50.7 Å². The first kappa shape index (κ1) is 21.5. The van der Waals surface area contributed by atoms with Gasteiger partial charge in [-0.2, -0.15) is 0 Å². The Bertz CT molecular complexity index is 876. The van der Waals surface area contributed by atoms with Crippen molar-refractivity contribution in [2.45, 2.75) is 25.9 Å². The molecule has 31 heavy (non-hydrogen) atoms. The zero-order valence-electron chi connectivity index (χ0n) is 18.3. The van der Waals surface area contributed by atoms with E-state index in [1.54, 1.807) is 6.92 Å². The Morgan fingerprint density at radius 2 is 1.61 bits per heavy atom. The van der Waals surface area contributed by atoms with Gasteiger partial charge in [-0.1, -0.05) is 30.3 Å². The minimum Gasteiger partial charge on any atom is -0.369 e. The summed E-state index contributed by atoms with van der Waals surface area (Å²) >= 11 is 0. The van der Waals surface area contributed by atoms with Gasteiger partial charge < -0.3 is 10.2 Å². The average Bonchev–Trinajstić information content (AvgIpc) is 3.21. The Labute approximate surface area is 184 Å². The van der Waals surface area contributed by atoms with Gasteiger partial charge in [0, 0.05) is 63.1 Å². The summed E-state index contributed by atoms with van der Waals surface area (Å²) in [6.45, 7) is 8.47. The predicted octanol–water partition coefficient (Wildman–Crippen LogP) is 2.40. The lowest BCUT2D eigenvalue weighted by molar-refractivity contribution is -0.123. The van der Waals surface area contributed by atoms with Crippen LogP contribution >= 0.6 is 0 Å². The van der Waals surface area contributed by atoms with Gasteiger partial charge >= 0.3 is 0 Å². The number of hydrogen-bond acceptors (Lipinski definition) is 5. The Kier molecular flexibility index (Phi) is 6.99. The van der Waals surface area contributed by atoms with Gasteiger partial charge in [0.2, 0.25) is 5.91 Å². The van der Waals surface area contributed by atoms with Gasteiger partial charge in [-0.25, -0.2) is 0 Å². The van der Waals surface area contributed by atoms with Crippen LogP contribution < -0.4 is 10.2 Å². The van der Waals surface area contributed by atoms with Crippen LogP contribution in [0.3, 0.4) is 0 Å². The molecule has 0 spiro atoms. The van der Waals surface area contributed by atoms with Crippen LogP contribution in [0.4, 0.5) is 5.69 Å². The van der Waals surface area contributed by atoms with Crippen molar-refractivity contribution in [2.24, 2.45) is 0 Å². The third-order valence-corrected chi connectivity index (χ3v) is 6.26. The highest BCUT2D eigenvalue weighted by Gasteiger charge is 2.25. The number of nitrogens with one attached hydrogen (secondary N) is 1. The molecule has 6 heteroatoms. The van der Waals surface area contributed by atoms with Crippen molar-refractivity contribution >= 4 is 17.4 Å². The molecule has 1 atom stereocenters. The maximum Gasteiger partial charge on any atom is 0.234 e. The van der Waals surface area contributed by atoms with E-state index < -0.39 is 0 Å². The van der Waals surface area contributed by atoms with E-state index in [-0.39, 0.29) is 17.7 Å². The van der Waals surface area contributed by atoms with Crippen LogP contribution in [0, 0.1) is 0 Å². The lowest BCUT2D eigenvalue weighted by atomic mass is 10.1. The number of amides is 1. The first-order valence-corrected chi connectivity index (χ1v) is 11.2. The average molecular weight is 421 g/mol. The maximum atomic E-state index is 12.6. The van der Waals surface area contributed by atoms with Crippen LogP contribution in [0.2, 0.25) is 0 Å². The first-order valence-electron chi connectivity index (χ1n) is 11.2. The molecule has 2 fully saturated rings. The third kappa shape index (κ3) is 5.93. The van der Waals surface area contributed by atoms with Crippen LogP contribution in [0.5, 0.6) is 0 Å². The highest BCUT2D eigenvalue weighted by Crippen LogP contribution is 2.18. The van der Waals surface area contributed by atoms with Gasteiger partial charge in [0.05, 0.1) is 6.54 Å². The van der Waals surface area contributed by atoms with Crippen LogP contribution in [-0.4, -0.2) is 73.3 Å². The van der Waals surface area contributed by atoms with Crippen LogP contribution in [0.15, 0.2) is 54.6 Å². The SMILES string of the molecule is CC(=O)c1ccc(N2CCN(CC(=O)N[C@H]3CCN(Cc4ccccc4)C3)CC2)cc1. The molecule has 164 valence electrons. The highest BCUT2D eigenvalue weighted by molar-refractivity contribution is 5.94. The first-order chi connectivity index (χ1) is 15.1. The van der Waals surface area contributed by atoms with Crippen molar-refractivity contribution < 1.29 is 9.59 Å². The second-order valence-corrected chi connectivity index (χ2v) is 8.64. The van der Waals surface area contributed by atoms with E-state index in [1.165, 1.54) is 5.56 Å². The number of likely N-dealkylation sites (tertiary alicyclic amines) is 1. The van der Waals surface area contributed by atoms with Gasteiger partial charge in [-0.3, -0.25) is 19.4 Å². The number of hydrogen-bond donors (Lipinski definition) is 1. The minimum absolute atomic E-state index is 0.0906. The monoisotopic (exact) mass is 420 g/mol. The van der Waals surface area contributed by atoms with E-state index in [2.05, 4.69) is 44.3 Å². The summed E-state index contributed by atoms with van der Waals surface area (Å²) in [5.74, 6) is 0.221. The van der Waals surface area contributed by atoms with Crippen LogP contribution in [0.1, 0.15) is 29.3 Å². The van der Waals surface area contributed by atoms with Gasteiger partial charge in [0.1, 0.15) is 0 Å². The second-order valence-electron chi connectivity index (χ2n) is 8.64. The number of benzene rings is 2. The lowest BCUT2D eigenvalue weighted by Crippen LogP contribution is -2.50. The van der Waals surface area contributed by atoms with Gasteiger partial charge in [0.15, 0.2) is 5.78 Å². The third-order valence-electron chi connectivity index (χ3n) is 6.26. The van der Waals surface area contributed by atoms with Crippen molar-refractivity contribution in [3.63, 3.8) is 0 Å². The molecule has 0 saturated carbocycles. The van der Waals surface area contributed by atoms with Gasteiger partial charge in [-0.15, -0.1) is 0 Å². The molecule has 0 aliphatic carbocycles. The number of rotatable bonds is 7. The predicted molar refractivity (Wildman–Crippen MR) is 123 cm³/mol. The Hall–Kier alpha value is -2.70. The fourth-order valence-electron chi connectivity index (χ4n) is 4.48. The van der Waals surface area contributed by atoms with Crippen molar-refractivity contribution in [1.82, 2.24) is 15.1 Å². The van der Waals surface area contributed by atoms with E-state index >= 15 is 0 Å². The summed E-state index contributed by atoms with van der Waals surface area (Å²) in [4.78, 5) is 31.0. The summed E-state index contributed by atoms with van der Waals surface area (Å²) in [5.41, 5.74) is 3.20. The minimum atomic E-state index is 0.0906. The van der Waals surface area contributed by atoms with Gasteiger partial charge in [-0.05, 0) is 43.2 Å². The van der Waals surface area contributed by atoms with Crippen molar-refractivity contribution in [1.29, 1.82) is 0 Å². The number of ketones is 1. The maximum absolute atomic E-state index is 12.6.